The molecule has 2 aromatic carbocycles. The van der Waals surface area contributed by atoms with Crippen molar-refractivity contribution in [2.75, 3.05) is 12.4 Å². The Hall–Kier alpha value is -2.80. The van der Waals surface area contributed by atoms with Crippen LogP contribution in [0.5, 0.6) is 5.75 Å². The Kier molecular flexibility index (Phi) is 6.13. The lowest BCUT2D eigenvalue weighted by atomic mass is 10.2. The van der Waals surface area contributed by atoms with Gasteiger partial charge >= 0.3 is 5.97 Å². The highest BCUT2D eigenvalue weighted by molar-refractivity contribution is 7.99. The molecule has 0 bridgehead atoms. The third kappa shape index (κ3) is 4.68. The normalized spacial score (nSPS) is 10.9. The van der Waals surface area contributed by atoms with Crippen LogP contribution in [0.4, 0.5) is 0 Å². The van der Waals surface area contributed by atoms with Gasteiger partial charge in [0, 0.05) is 5.75 Å². The predicted octanol–water partition coefficient (Wildman–Crippen LogP) is 3.41. The third-order valence-electron chi connectivity index (χ3n) is 3.92. The SMILES string of the molecule is CCOc1cccc(Cn2c(SCCC(=O)O)nc3ccccc3c2=O)c1. The van der Waals surface area contributed by atoms with Gasteiger partial charge in [0.15, 0.2) is 5.16 Å². The molecule has 0 aliphatic rings. The maximum atomic E-state index is 13.0. The Bertz CT molecular complexity index is 1020. The number of benzene rings is 2. The molecule has 3 aromatic rings. The van der Waals surface area contributed by atoms with Crippen molar-refractivity contribution in [1.29, 1.82) is 0 Å². The smallest absolute Gasteiger partial charge is 0.304 e. The van der Waals surface area contributed by atoms with Crippen molar-refractivity contribution in [1.82, 2.24) is 9.55 Å². The van der Waals surface area contributed by atoms with Crippen LogP contribution in [0.1, 0.15) is 18.9 Å². The topological polar surface area (TPSA) is 81.4 Å². The van der Waals surface area contributed by atoms with Crippen LogP contribution >= 0.6 is 11.8 Å². The average molecular weight is 384 g/mol. The summed E-state index contributed by atoms with van der Waals surface area (Å²) in [5, 5.41) is 9.95. The first-order valence-corrected chi connectivity index (χ1v) is 9.63. The summed E-state index contributed by atoms with van der Waals surface area (Å²) in [6.07, 6.45) is 0.00713. The molecule has 0 fully saturated rings. The standard InChI is InChI=1S/C20H20N2O4S/c1-2-26-15-7-5-6-14(12-15)13-22-19(25)16-8-3-4-9-17(16)21-20(22)27-11-10-18(23)24/h3-9,12H,2,10-11,13H2,1H3,(H,23,24). The lowest BCUT2D eigenvalue weighted by Crippen LogP contribution is -2.24. The maximum Gasteiger partial charge on any atom is 0.304 e. The number of carboxylic acids is 1. The Morgan fingerprint density at radius 1 is 1.22 bits per heavy atom. The second kappa shape index (κ2) is 8.73. The summed E-state index contributed by atoms with van der Waals surface area (Å²) < 4.78 is 7.13. The van der Waals surface area contributed by atoms with E-state index in [1.54, 1.807) is 16.7 Å². The molecular weight excluding hydrogens is 364 g/mol. The van der Waals surface area contributed by atoms with E-state index in [0.717, 1.165) is 11.3 Å². The van der Waals surface area contributed by atoms with Crippen LogP contribution in [0.2, 0.25) is 0 Å². The molecule has 0 amide bonds. The monoisotopic (exact) mass is 384 g/mol. The number of nitrogens with zero attached hydrogens (tertiary/aromatic N) is 2. The molecule has 7 heteroatoms. The van der Waals surface area contributed by atoms with Gasteiger partial charge in [-0.1, -0.05) is 36.0 Å². The number of para-hydroxylation sites is 1. The van der Waals surface area contributed by atoms with Gasteiger partial charge in [-0.05, 0) is 36.8 Å². The Morgan fingerprint density at radius 2 is 2.04 bits per heavy atom. The first kappa shape index (κ1) is 19.0. The van der Waals surface area contributed by atoms with Crippen molar-refractivity contribution < 1.29 is 14.6 Å². The fraction of sp³-hybridized carbons (Fsp3) is 0.250. The minimum absolute atomic E-state index is 0.00713. The number of thioether (sulfide) groups is 1. The van der Waals surface area contributed by atoms with E-state index in [1.165, 1.54) is 11.8 Å². The zero-order chi connectivity index (χ0) is 19.2. The molecule has 0 spiro atoms. The third-order valence-corrected chi connectivity index (χ3v) is 4.90. The van der Waals surface area contributed by atoms with Gasteiger partial charge in [0.25, 0.3) is 5.56 Å². The number of ether oxygens (including phenoxy) is 1. The molecule has 6 nitrogen and oxygen atoms in total. The van der Waals surface area contributed by atoms with Crippen molar-refractivity contribution in [3.8, 4) is 5.75 Å². The first-order chi connectivity index (χ1) is 13.1. The van der Waals surface area contributed by atoms with Crippen molar-refractivity contribution in [2.45, 2.75) is 25.0 Å². The highest BCUT2D eigenvalue weighted by Gasteiger charge is 2.13. The lowest BCUT2D eigenvalue weighted by Gasteiger charge is -2.13. The maximum absolute atomic E-state index is 13.0. The summed E-state index contributed by atoms with van der Waals surface area (Å²) in [6, 6.07) is 14.8. The van der Waals surface area contributed by atoms with Gasteiger partial charge in [-0.15, -0.1) is 0 Å². The molecule has 0 saturated carbocycles. The summed E-state index contributed by atoms with van der Waals surface area (Å²) in [4.78, 5) is 28.4. The molecule has 27 heavy (non-hydrogen) atoms. The molecule has 0 aliphatic heterocycles. The summed E-state index contributed by atoms with van der Waals surface area (Å²) in [7, 11) is 0. The van der Waals surface area contributed by atoms with Crippen LogP contribution in [0, 0.1) is 0 Å². The predicted molar refractivity (Wildman–Crippen MR) is 106 cm³/mol. The molecule has 140 valence electrons. The second-order valence-electron chi connectivity index (χ2n) is 5.88. The minimum Gasteiger partial charge on any atom is -0.494 e. The molecule has 1 N–H and O–H groups in total. The number of aliphatic carboxylic acids is 1. The van der Waals surface area contributed by atoms with Gasteiger partial charge in [-0.2, -0.15) is 0 Å². The number of hydrogen-bond acceptors (Lipinski definition) is 5. The van der Waals surface area contributed by atoms with Gasteiger partial charge in [0.05, 0.1) is 30.5 Å². The molecule has 1 aromatic heterocycles. The highest BCUT2D eigenvalue weighted by atomic mass is 32.2. The van der Waals surface area contributed by atoms with Crippen LogP contribution < -0.4 is 10.3 Å². The van der Waals surface area contributed by atoms with E-state index in [1.807, 2.05) is 43.3 Å². The van der Waals surface area contributed by atoms with Crippen LogP contribution in [-0.2, 0) is 11.3 Å². The molecule has 0 atom stereocenters. The van der Waals surface area contributed by atoms with Crippen molar-refractivity contribution >= 4 is 28.6 Å². The van der Waals surface area contributed by atoms with Gasteiger partial charge < -0.3 is 9.84 Å². The van der Waals surface area contributed by atoms with Gasteiger partial charge in [0.2, 0.25) is 0 Å². The van der Waals surface area contributed by atoms with E-state index in [2.05, 4.69) is 4.98 Å². The molecular formula is C20H20N2O4S. The fourth-order valence-electron chi connectivity index (χ4n) is 2.71. The van der Waals surface area contributed by atoms with Crippen LogP contribution in [0.25, 0.3) is 10.9 Å². The summed E-state index contributed by atoms with van der Waals surface area (Å²) >= 11 is 1.28. The van der Waals surface area contributed by atoms with Crippen molar-refractivity contribution in [2.24, 2.45) is 0 Å². The molecule has 3 rings (SSSR count). The van der Waals surface area contributed by atoms with Crippen LogP contribution in [0.15, 0.2) is 58.5 Å². The highest BCUT2D eigenvalue weighted by Crippen LogP contribution is 2.21. The number of carboxylic acid groups (broad SMARTS) is 1. The van der Waals surface area contributed by atoms with E-state index in [4.69, 9.17) is 9.84 Å². The van der Waals surface area contributed by atoms with Gasteiger partial charge in [-0.25, -0.2) is 4.98 Å². The number of hydrogen-bond donors (Lipinski definition) is 1. The summed E-state index contributed by atoms with van der Waals surface area (Å²) in [6.45, 7) is 2.83. The number of carbonyl (C=O) groups is 1. The number of rotatable bonds is 8. The number of fused-ring (bicyclic) bond motifs is 1. The molecule has 0 saturated heterocycles. The van der Waals surface area contributed by atoms with Gasteiger partial charge in [-0.3, -0.25) is 14.2 Å². The Morgan fingerprint density at radius 3 is 2.81 bits per heavy atom. The van der Waals surface area contributed by atoms with Gasteiger partial charge in [0.1, 0.15) is 5.75 Å². The van der Waals surface area contributed by atoms with E-state index >= 15 is 0 Å². The van der Waals surface area contributed by atoms with Crippen molar-refractivity contribution in [3.05, 3.63) is 64.4 Å². The lowest BCUT2D eigenvalue weighted by molar-refractivity contribution is -0.136. The van der Waals surface area contributed by atoms with E-state index in [9.17, 15) is 9.59 Å². The summed E-state index contributed by atoms with van der Waals surface area (Å²) in [5.41, 5.74) is 1.39. The van der Waals surface area contributed by atoms with E-state index in [0.29, 0.717) is 35.0 Å². The zero-order valence-electron chi connectivity index (χ0n) is 14.9. The van der Waals surface area contributed by atoms with E-state index in [-0.39, 0.29) is 12.0 Å². The van der Waals surface area contributed by atoms with Crippen LogP contribution in [-0.4, -0.2) is 33.0 Å². The quantitative estimate of drug-likeness (QED) is 0.473. The average Bonchev–Trinajstić information content (AvgIpc) is 2.65. The number of aromatic nitrogens is 2. The summed E-state index contributed by atoms with van der Waals surface area (Å²) in [5.74, 6) is 0.220. The zero-order valence-corrected chi connectivity index (χ0v) is 15.7. The largest absolute Gasteiger partial charge is 0.494 e. The van der Waals surface area contributed by atoms with Crippen molar-refractivity contribution in [3.63, 3.8) is 0 Å². The Labute approximate surface area is 160 Å². The minimum atomic E-state index is -0.874. The van der Waals surface area contributed by atoms with E-state index < -0.39 is 5.97 Å². The second-order valence-corrected chi connectivity index (χ2v) is 6.94. The fourth-order valence-corrected chi connectivity index (χ4v) is 3.64. The molecule has 1 heterocycles. The first-order valence-electron chi connectivity index (χ1n) is 8.64. The molecule has 0 unspecified atom stereocenters. The van der Waals surface area contributed by atoms with Crippen LogP contribution in [0.3, 0.4) is 0 Å². The Balaban J connectivity index is 2.00. The molecule has 0 aliphatic carbocycles. The molecule has 0 radical (unpaired) electrons.